The van der Waals surface area contributed by atoms with Crippen molar-refractivity contribution >= 4 is 17.6 Å². The first-order valence-corrected chi connectivity index (χ1v) is 10.9. The summed E-state index contributed by atoms with van der Waals surface area (Å²) < 4.78 is 5.40. The van der Waals surface area contributed by atoms with E-state index in [4.69, 9.17) is 4.74 Å². The molecule has 0 aromatic heterocycles. The second-order valence-electron chi connectivity index (χ2n) is 7.88. The summed E-state index contributed by atoms with van der Waals surface area (Å²) in [5, 5.41) is 3.05. The molecule has 2 aromatic carbocycles. The lowest BCUT2D eigenvalue weighted by Crippen LogP contribution is -2.46. The average molecular weight is 423 g/mol. The van der Waals surface area contributed by atoms with Crippen molar-refractivity contribution in [2.45, 2.75) is 45.6 Å². The molecule has 31 heavy (non-hydrogen) atoms. The van der Waals surface area contributed by atoms with Gasteiger partial charge in [-0.3, -0.25) is 14.4 Å². The molecule has 0 radical (unpaired) electrons. The summed E-state index contributed by atoms with van der Waals surface area (Å²) in [6.45, 7) is 5.65. The Balaban J connectivity index is 1.41. The number of aryl methyl sites for hydroxylation is 1. The molecule has 1 aliphatic heterocycles. The van der Waals surface area contributed by atoms with Crippen LogP contribution in [0.2, 0.25) is 0 Å². The summed E-state index contributed by atoms with van der Waals surface area (Å²) in [5.74, 6) is 0.617. The van der Waals surface area contributed by atoms with Crippen LogP contribution in [-0.2, 0) is 4.79 Å². The normalized spacial score (nSPS) is 14.2. The quantitative estimate of drug-likeness (QED) is 0.657. The SMILES string of the molecule is CCOc1ccc(C(=O)NC2CCN(C(=O)CCC(=O)c3ccc(C)cc3)CC2)cc1. The van der Waals surface area contributed by atoms with Crippen molar-refractivity contribution in [1.82, 2.24) is 10.2 Å². The summed E-state index contributed by atoms with van der Waals surface area (Å²) in [5.41, 5.74) is 2.34. The maximum Gasteiger partial charge on any atom is 0.251 e. The van der Waals surface area contributed by atoms with Crippen molar-refractivity contribution in [1.29, 1.82) is 0 Å². The molecular formula is C25H30N2O4. The third-order valence-electron chi connectivity index (χ3n) is 5.55. The van der Waals surface area contributed by atoms with Crippen LogP contribution in [0.1, 0.15) is 58.9 Å². The van der Waals surface area contributed by atoms with Gasteiger partial charge in [0.1, 0.15) is 5.75 Å². The Kier molecular flexibility index (Phi) is 7.82. The highest BCUT2D eigenvalue weighted by Gasteiger charge is 2.24. The van der Waals surface area contributed by atoms with Crippen molar-refractivity contribution in [3.05, 3.63) is 65.2 Å². The molecule has 1 N–H and O–H groups in total. The van der Waals surface area contributed by atoms with E-state index in [1.165, 1.54) is 0 Å². The van der Waals surface area contributed by atoms with Crippen molar-refractivity contribution in [3.8, 4) is 5.75 Å². The highest BCUT2D eigenvalue weighted by atomic mass is 16.5. The van der Waals surface area contributed by atoms with Crippen LogP contribution in [0.25, 0.3) is 0 Å². The van der Waals surface area contributed by atoms with Crippen molar-refractivity contribution < 1.29 is 19.1 Å². The Morgan fingerprint density at radius 1 is 0.935 bits per heavy atom. The van der Waals surface area contributed by atoms with Crippen LogP contribution in [0.15, 0.2) is 48.5 Å². The Bertz CT molecular complexity index is 898. The van der Waals surface area contributed by atoms with Crippen LogP contribution in [-0.4, -0.2) is 48.2 Å². The minimum Gasteiger partial charge on any atom is -0.494 e. The van der Waals surface area contributed by atoms with Gasteiger partial charge in [-0.1, -0.05) is 29.8 Å². The number of amides is 2. The number of rotatable bonds is 8. The number of Topliss-reactive ketones (excluding diaryl/α,β-unsaturated/α-hetero) is 1. The lowest BCUT2D eigenvalue weighted by molar-refractivity contribution is -0.132. The van der Waals surface area contributed by atoms with Gasteiger partial charge >= 0.3 is 0 Å². The van der Waals surface area contributed by atoms with Crippen LogP contribution in [0, 0.1) is 6.92 Å². The Morgan fingerprint density at radius 2 is 1.55 bits per heavy atom. The lowest BCUT2D eigenvalue weighted by atomic mass is 10.0. The number of benzene rings is 2. The van der Waals surface area contributed by atoms with Gasteiger partial charge in [-0.15, -0.1) is 0 Å². The zero-order chi connectivity index (χ0) is 22.2. The van der Waals surface area contributed by atoms with Gasteiger partial charge < -0.3 is 15.0 Å². The zero-order valence-electron chi connectivity index (χ0n) is 18.2. The third-order valence-corrected chi connectivity index (χ3v) is 5.55. The fourth-order valence-electron chi connectivity index (χ4n) is 3.67. The molecule has 1 saturated heterocycles. The molecule has 1 aliphatic rings. The summed E-state index contributed by atoms with van der Waals surface area (Å²) in [7, 11) is 0. The monoisotopic (exact) mass is 422 g/mol. The number of hydrogen-bond donors (Lipinski definition) is 1. The van der Waals surface area contributed by atoms with Crippen LogP contribution in [0.4, 0.5) is 0 Å². The van der Waals surface area contributed by atoms with Gasteiger partial charge in [0.25, 0.3) is 5.91 Å². The summed E-state index contributed by atoms with van der Waals surface area (Å²) >= 11 is 0. The van der Waals surface area contributed by atoms with E-state index in [2.05, 4.69) is 5.32 Å². The largest absolute Gasteiger partial charge is 0.494 e. The summed E-state index contributed by atoms with van der Waals surface area (Å²) in [6, 6.07) is 14.5. The van der Waals surface area contributed by atoms with Crippen LogP contribution in [0.3, 0.4) is 0 Å². The molecule has 0 unspecified atom stereocenters. The van der Waals surface area contributed by atoms with Gasteiger partial charge in [-0.2, -0.15) is 0 Å². The first-order valence-electron chi connectivity index (χ1n) is 10.9. The number of ether oxygens (including phenoxy) is 1. The van der Waals surface area contributed by atoms with E-state index in [-0.39, 0.29) is 36.5 Å². The number of ketones is 1. The number of nitrogens with one attached hydrogen (secondary N) is 1. The molecule has 0 aliphatic carbocycles. The van der Waals surface area contributed by atoms with Crippen molar-refractivity contribution in [2.75, 3.05) is 19.7 Å². The van der Waals surface area contributed by atoms with Crippen LogP contribution >= 0.6 is 0 Å². The predicted molar refractivity (Wildman–Crippen MR) is 119 cm³/mol. The fraction of sp³-hybridized carbons (Fsp3) is 0.400. The van der Waals surface area contributed by atoms with E-state index in [0.29, 0.717) is 43.7 Å². The molecule has 164 valence electrons. The molecule has 2 aromatic rings. The number of hydrogen-bond acceptors (Lipinski definition) is 4. The summed E-state index contributed by atoms with van der Waals surface area (Å²) in [6.07, 6.45) is 1.85. The van der Waals surface area contributed by atoms with Gasteiger partial charge in [-0.25, -0.2) is 0 Å². The number of carbonyl (C=O) groups excluding carboxylic acids is 3. The molecular weight excluding hydrogens is 392 g/mol. The fourth-order valence-corrected chi connectivity index (χ4v) is 3.67. The highest BCUT2D eigenvalue weighted by Crippen LogP contribution is 2.16. The number of likely N-dealkylation sites (tertiary alicyclic amines) is 1. The lowest BCUT2D eigenvalue weighted by Gasteiger charge is -2.32. The third kappa shape index (κ3) is 6.41. The molecule has 0 spiro atoms. The van der Waals surface area contributed by atoms with Crippen LogP contribution in [0.5, 0.6) is 5.75 Å². The molecule has 6 heteroatoms. The summed E-state index contributed by atoms with van der Waals surface area (Å²) in [4.78, 5) is 39.0. The zero-order valence-corrected chi connectivity index (χ0v) is 18.2. The first-order chi connectivity index (χ1) is 15.0. The molecule has 3 rings (SSSR count). The second kappa shape index (κ2) is 10.8. The van der Waals surface area contributed by atoms with Crippen molar-refractivity contribution in [2.24, 2.45) is 0 Å². The molecule has 1 fully saturated rings. The topological polar surface area (TPSA) is 75.7 Å². The molecule has 1 heterocycles. The maximum atomic E-state index is 12.5. The Labute approximate surface area is 183 Å². The number of nitrogens with zero attached hydrogens (tertiary/aromatic N) is 1. The van der Waals surface area contributed by atoms with E-state index < -0.39 is 0 Å². The van der Waals surface area contributed by atoms with Gasteiger partial charge in [0.15, 0.2) is 5.78 Å². The van der Waals surface area contributed by atoms with Gasteiger partial charge in [-0.05, 0) is 51.0 Å². The van der Waals surface area contributed by atoms with Gasteiger partial charge in [0, 0.05) is 43.1 Å². The predicted octanol–water partition coefficient (Wildman–Crippen LogP) is 3.78. The van der Waals surface area contributed by atoms with Gasteiger partial charge in [0.2, 0.25) is 5.91 Å². The molecule has 2 amide bonds. The second-order valence-corrected chi connectivity index (χ2v) is 7.88. The van der Waals surface area contributed by atoms with Crippen LogP contribution < -0.4 is 10.1 Å². The first kappa shape index (κ1) is 22.5. The maximum absolute atomic E-state index is 12.5. The smallest absolute Gasteiger partial charge is 0.251 e. The Morgan fingerprint density at radius 3 is 2.16 bits per heavy atom. The minimum atomic E-state index is -0.114. The number of carbonyl (C=O) groups is 3. The molecule has 0 saturated carbocycles. The molecule has 0 bridgehead atoms. The van der Waals surface area contributed by atoms with E-state index in [1.54, 1.807) is 41.3 Å². The van der Waals surface area contributed by atoms with Gasteiger partial charge in [0.05, 0.1) is 6.61 Å². The minimum absolute atomic E-state index is 0.00301. The molecule has 6 nitrogen and oxygen atoms in total. The average Bonchev–Trinajstić information content (AvgIpc) is 2.79. The van der Waals surface area contributed by atoms with E-state index in [1.807, 2.05) is 26.0 Å². The Hall–Kier alpha value is -3.15. The number of piperidine rings is 1. The highest BCUT2D eigenvalue weighted by molar-refractivity contribution is 5.98. The van der Waals surface area contributed by atoms with E-state index >= 15 is 0 Å². The van der Waals surface area contributed by atoms with E-state index in [9.17, 15) is 14.4 Å². The van der Waals surface area contributed by atoms with Crippen molar-refractivity contribution in [3.63, 3.8) is 0 Å². The standard InChI is InChI=1S/C25H30N2O4/c1-3-31-22-10-8-20(9-11-22)25(30)26-21-14-16-27(17-15-21)24(29)13-12-23(28)19-6-4-18(2)5-7-19/h4-11,21H,3,12-17H2,1-2H3,(H,26,30). The van der Waals surface area contributed by atoms with E-state index in [0.717, 1.165) is 11.3 Å². The molecule has 0 atom stereocenters.